The number of nitrogens with one attached hydrogen (secondary N) is 1. The van der Waals surface area contributed by atoms with Gasteiger partial charge in [0.05, 0.1) is 5.69 Å². The standard InChI is InChI=1S/C16H21N5/c1-12-7-13(2)9-14(8-12)10-17-15-3-5-16(6-4-15)21-11-18-19-20-21/h3-7,11-12,14,17H,8-10H2,1-2H3. The molecule has 0 bridgehead atoms. The molecule has 0 spiro atoms. The maximum Gasteiger partial charge on any atom is 0.143 e. The SMILES string of the molecule is CC1=CC(C)CC(CNc2ccc(-n3cnnn3)cc2)C1. The Hall–Kier alpha value is -2.17. The van der Waals surface area contributed by atoms with Crippen molar-refractivity contribution in [2.45, 2.75) is 26.7 Å². The highest BCUT2D eigenvalue weighted by molar-refractivity contribution is 5.48. The van der Waals surface area contributed by atoms with Crippen molar-refractivity contribution in [2.75, 3.05) is 11.9 Å². The summed E-state index contributed by atoms with van der Waals surface area (Å²) < 4.78 is 1.65. The number of allylic oxidation sites excluding steroid dienone is 2. The zero-order valence-electron chi connectivity index (χ0n) is 12.5. The third kappa shape index (κ3) is 3.48. The minimum atomic E-state index is 0.702. The normalized spacial score (nSPS) is 21.9. The third-order valence-electron chi connectivity index (χ3n) is 3.96. The Bertz CT molecular complexity index is 600. The van der Waals surface area contributed by atoms with Crippen molar-refractivity contribution in [3.8, 4) is 5.69 Å². The highest BCUT2D eigenvalue weighted by Crippen LogP contribution is 2.28. The van der Waals surface area contributed by atoms with Crippen molar-refractivity contribution in [1.29, 1.82) is 0 Å². The smallest absolute Gasteiger partial charge is 0.143 e. The maximum atomic E-state index is 3.88. The highest BCUT2D eigenvalue weighted by Gasteiger charge is 2.17. The van der Waals surface area contributed by atoms with Crippen LogP contribution < -0.4 is 5.32 Å². The minimum absolute atomic E-state index is 0.702. The van der Waals surface area contributed by atoms with E-state index in [0.717, 1.165) is 23.8 Å². The van der Waals surface area contributed by atoms with Crippen molar-refractivity contribution >= 4 is 5.69 Å². The van der Waals surface area contributed by atoms with Gasteiger partial charge in [0.25, 0.3) is 0 Å². The van der Waals surface area contributed by atoms with Gasteiger partial charge < -0.3 is 5.32 Å². The monoisotopic (exact) mass is 283 g/mol. The van der Waals surface area contributed by atoms with Crippen LogP contribution in [0, 0.1) is 11.8 Å². The highest BCUT2D eigenvalue weighted by atomic mass is 15.5. The van der Waals surface area contributed by atoms with Gasteiger partial charge in [0.1, 0.15) is 6.33 Å². The number of tetrazole rings is 1. The Morgan fingerprint density at radius 3 is 2.76 bits per heavy atom. The second kappa shape index (κ2) is 6.08. The molecule has 2 aromatic rings. The van der Waals surface area contributed by atoms with Crippen molar-refractivity contribution in [1.82, 2.24) is 20.2 Å². The fourth-order valence-electron chi connectivity index (χ4n) is 3.12. The molecular weight excluding hydrogens is 262 g/mol. The lowest BCUT2D eigenvalue weighted by Gasteiger charge is -2.26. The lowest BCUT2D eigenvalue weighted by atomic mass is 9.84. The van der Waals surface area contributed by atoms with E-state index < -0.39 is 0 Å². The predicted molar refractivity (Wildman–Crippen MR) is 83.3 cm³/mol. The summed E-state index contributed by atoms with van der Waals surface area (Å²) in [6.45, 7) is 5.57. The molecule has 0 amide bonds. The Morgan fingerprint density at radius 1 is 1.29 bits per heavy atom. The van der Waals surface area contributed by atoms with Crippen LogP contribution in [0.5, 0.6) is 0 Å². The van der Waals surface area contributed by atoms with Gasteiger partial charge in [-0.25, -0.2) is 4.68 Å². The van der Waals surface area contributed by atoms with Crippen LogP contribution in [-0.4, -0.2) is 26.8 Å². The molecule has 1 aromatic carbocycles. The van der Waals surface area contributed by atoms with Gasteiger partial charge in [-0.1, -0.05) is 18.6 Å². The van der Waals surface area contributed by atoms with Crippen LogP contribution in [0.25, 0.3) is 5.69 Å². The molecule has 1 aliphatic carbocycles. The van der Waals surface area contributed by atoms with E-state index in [9.17, 15) is 0 Å². The average Bonchev–Trinajstić information content (AvgIpc) is 2.99. The first-order valence-corrected chi connectivity index (χ1v) is 7.45. The second-order valence-electron chi connectivity index (χ2n) is 5.98. The van der Waals surface area contributed by atoms with Gasteiger partial charge in [-0.3, -0.25) is 0 Å². The van der Waals surface area contributed by atoms with Crippen LogP contribution in [0.15, 0.2) is 42.2 Å². The summed E-state index contributed by atoms with van der Waals surface area (Å²) in [4.78, 5) is 0. The van der Waals surface area contributed by atoms with Crippen LogP contribution in [0.3, 0.4) is 0 Å². The number of aromatic nitrogens is 4. The van der Waals surface area contributed by atoms with E-state index in [-0.39, 0.29) is 0 Å². The second-order valence-corrected chi connectivity index (χ2v) is 5.98. The van der Waals surface area contributed by atoms with E-state index in [1.165, 1.54) is 18.4 Å². The van der Waals surface area contributed by atoms with E-state index in [0.29, 0.717) is 5.92 Å². The van der Waals surface area contributed by atoms with Crippen LogP contribution in [0.4, 0.5) is 5.69 Å². The molecule has 0 aliphatic heterocycles. The molecule has 1 heterocycles. The van der Waals surface area contributed by atoms with E-state index in [2.05, 4.69) is 52.9 Å². The molecule has 0 radical (unpaired) electrons. The van der Waals surface area contributed by atoms with Crippen LogP contribution in [0.1, 0.15) is 26.7 Å². The van der Waals surface area contributed by atoms with Crippen molar-refractivity contribution in [3.63, 3.8) is 0 Å². The van der Waals surface area contributed by atoms with Gasteiger partial charge in [-0.15, -0.1) is 5.10 Å². The van der Waals surface area contributed by atoms with E-state index in [4.69, 9.17) is 0 Å². The van der Waals surface area contributed by atoms with Gasteiger partial charge in [-0.2, -0.15) is 0 Å². The Labute approximate surface area is 125 Å². The van der Waals surface area contributed by atoms with Gasteiger partial charge in [-0.05, 0) is 66.3 Å². The molecule has 1 N–H and O–H groups in total. The predicted octanol–water partition coefficient (Wildman–Crippen LogP) is 3.07. The summed E-state index contributed by atoms with van der Waals surface area (Å²) in [5.74, 6) is 1.43. The first-order valence-electron chi connectivity index (χ1n) is 7.45. The Kier molecular flexibility index (Phi) is 3.99. The van der Waals surface area contributed by atoms with E-state index in [1.54, 1.807) is 11.0 Å². The molecule has 5 heteroatoms. The Morgan fingerprint density at radius 2 is 2.10 bits per heavy atom. The first kappa shape index (κ1) is 13.8. The molecule has 0 fully saturated rings. The average molecular weight is 283 g/mol. The Balaban J connectivity index is 1.58. The summed E-state index contributed by atoms with van der Waals surface area (Å²) in [6.07, 6.45) is 6.48. The van der Waals surface area contributed by atoms with Crippen molar-refractivity contribution in [2.24, 2.45) is 11.8 Å². The zero-order valence-corrected chi connectivity index (χ0v) is 12.5. The van der Waals surface area contributed by atoms with Gasteiger partial charge >= 0.3 is 0 Å². The number of hydrogen-bond acceptors (Lipinski definition) is 4. The summed E-state index contributed by atoms with van der Waals surface area (Å²) in [5.41, 5.74) is 3.64. The molecule has 0 saturated heterocycles. The third-order valence-corrected chi connectivity index (χ3v) is 3.96. The van der Waals surface area contributed by atoms with Crippen LogP contribution >= 0.6 is 0 Å². The number of nitrogens with zero attached hydrogens (tertiary/aromatic N) is 4. The van der Waals surface area contributed by atoms with E-state index in [1.807, 2.05) is 12.1 Å². The van der Waals surface area contributed by atoms with Crippen LogP contribution in [-0.2, 0) is 0 Å². The minimum Gasteiger partial charge on any atom is -0.385 e. The number of anilines is 1. The van der Waals surface area contributed by atoms with Gasteiger partial charge in [0.15, 0.2) is 0 Å². The number of hydrogen-bond donors (Lipinski definition) is 1. The fraction of sp³-hybridized carbons (Fsp3) is 0.438. The summed E-state index contributed by atoms with van der Waals surface area (Å²) in [5, 5.41) is 14.7. The molecule has 110 valence electrons. The fourth-order valence-corrected chi connectivity index (χ4v) is 3.12. The molecular formula is C16H21N5. The lowest BCUT2D eigenvalue weighted by molar-refractivity contribution is 0.421. The topological polar surface area (TPSA) is 55.6 Å². The summed E-state index contributed by atoms with van der Waals surface area (Å²) >= 11 is 0. The molecule has 5 nitrogen and oxygen atoms in total. The zero-order chi connectivity index (χ0) is 14.7. The molecule has 21 heavy (non-hydrogen) atoms. The quantitative estimate of drug-likeness (QED) is 0.876. The molecule has 1 aromatic heterocycles. The molecule has 3 rings (SSSR count). The lowest BCUT2D eigenvalue weighted by Crippen LogP contribution is -2.20. The molecule has 1 aliphatic rings. The van der Waals surface area contributed by atoms with Crippen LogP contribution in [0.2, 0.25) is 0 Å². The maximum absolute atomic E-state index is 3.88. The molecule has 2 atom stereocenters. The molecule has 2 unspecified atom stereocenters. The summed E-state index contributed by atoms with van der Waals surface area (Å²) in [7, 11) is 0. The van der Waals surface area contributed by atoms with Crippen molar-refractivity contribution in [3.05, 3.63) is 42.2 Å². The van der Waals surface area contributed by atoms with Gasteiger partial charge in [0.2, 0.25) is 0 Å². The molecule has 0 saturated carbocycles. The first-order chi connectivity index (χ1) is 10.2. The number of rotatable bonds is 4. The number of benzene rings is 1. The van der Waals surface area contributed by atoms with E-state index >= 15 is 0 Å². The van der Waals surface area contributed by atoms with Crippen molar-refractivity contribution < 1.29 is 0 Å². The van der Waals surface area contributed by atoms with Gasteiger partial charge in [0, 0.05) is 12.2 Å². The summed E-state index contributed by atoms with van der Waals surface area (Å²) in [6, 6.07) is 8.19. The largest absolute Gasteiger partial charge is 0.385 e.